The van der Waals surface area contributed by atoms with Gasteiger partial charge in [0.1, 0.15) is 13.2 Å². The second-order valence-corrected chi connectivity index (χ2v) is 6.70. The van der Waals surface area contributed by atoms with Gasteiger partial charge in [-0.1, -0.05) is 11.6 Å². The maximum absolute atomic E-state index is 12.4. The van der Waals surface area contributed by atoms with E-state index in [4.69, 9.17) is 21.1 Å². The molecule has 1 N–H and O–H groups in total. The van der Waals surface area contributed by atoms with Gasteiger partial charge in [-0.15, -0.1) is 5.10 Å². The first kappa shape index (κ1) is 17.5. The number of halogens is 1. The third kappa shape index (κ3) is 3.52. The van der Waals surface area contributed by atoms with Crippen molar-refractivity contribution in [1.29, 1.82) is 0 Å². The van der Waals surface area contributed by atoms with Crippen molar-refractivity contribution in [2.24, 2.45) is 0 Å². The van der Waals surface area contributed by atoms with E-state index in [0.29, 0.717) is 48.5 Å². The molecule has 140 valence electrons. The van der Waals surface area contributed by atoms with Gasteiger partial charge in [0.05, 0.1) is 5.02 Å². The van der Waals surface area contributed by atoms with Crippen molar-refractivity contribution < 1.29 is 14.3 Å². The van der Waals surface area contributed by atoms with Crippen LogP contribution in [0.25, 0.3) is 5.78 Å². The van der Waals surface area contributed by atoms with E-state index >= 15 is 0 Å². The van der Waals surface area contributed by atoms with Crippen molar-refractivity contribution in [3.05, 3.63) is 46.0 Å². The standard InChI is InChI=1S/C18H18ClN5O3/c1-10-7-11(2)24-18(21-10)22-16(23-24)17(25)20-4-3-12-8-13(19)15-14(9-12)26-5-6-27-15/h7-9H,3-6H2,1-2H3,(H,20,25). The Balaban J connectivity index is 1.43. The van der Waals surface area contributed by atoms with E-state index in [2.05, 4.69) is 20.4 Å². The number of aryl methyl sites for hydroxylation is 2. The van der Waals surface area contributed by atoms with Gasteiger partial charge in [-0.2, -0.15) is 4.98 Å². The summed E-state index contributed by atoms with van der Waals surface area (Å²) in [6, 6.07) is 5.58. The quantitative estimate of drug-likeness (QED) is 0.737. The number of carbonyl (C=O) groups is 1. The first-order chi connectivity index (χ1) is 13.0. The van der Waals surface area contributed by atoms with Crippen molar-refractivity contribution in [3.8, 4) is 11.5 Å². The summed E-state index contributed by atoms with van der Waals surface area (Å²) in [5.74, 6) is 1.37. The summed E-state index contributed by atoms with van der Waals surface area (Å²) < 4.78 is 12.6. The molecule has 3 heterocycles. The molecule has 27 heavy (non-hydrogen) atoms. The summed E-state index contributed by atoms with van der Waals surface area (Å²) in [6.07, 6.45) is 0.589. The van der Waals surface area contributed by atoms with Crippen molar-refractivity contribution in [3.63, 3.8) is 0 Å². The SMILES string of the molecule is Cc1cc(C)n2nc(C(=O)NCCc3cc(Cl)c4c(c3)OCCO4)nc2n1. The van der Waals surface area contributed by atoms with Crippen molar-refractivity contribution >= 4 is 23.3 Å². The Hall–Kier alpha value is -2.87. The number of amides is 1. The molecule has 0 unspecified atom stereocenters. The summed E-state index contributed by atoms with van der Waals surface area (Å²) in [5, 5.41) is 7.55. The molecule has 1 aromatic carbocycles. The molecular formula is C18H18ClN5O3. The number of aromatic nitrogens is 4. The van der Waals surface area contributed by atoms with Gasteiger partial charge in [0.15, 0.2) is 11.5 Å². The van der Waals surface area contributed by atoms with Crippen LogP contribution >= 0.6 is 11.6 Å². The van der Waals surface area contributed by atoms with E-state index < -0.39 is 0 Å². The molecule has 0 radical (unpaired) electrons. The molecule has 0 bridgehead atoms. The van der Waals surface area contributed by atoms with Crippen molar-refractivity contribution in [1.82, 2.24) is 24.9 Å². The predicted octanol–water partition coefficient (Wildman–Crippen LogP) is 2.14. The zero-order chi connectivity index (χ0) is 19.0. The molecule has 1 aliphatic heterocycles. The zero-order valence-corrected chi connectivity index (χ0v) is 15.7. The molecule has 2 aromatic heterocycles. The average Bonchev–Trinajstić information content (AvgIpc) is 3.06. The minimum Gasteiger partial charge on any atom is -0.486 e. The van der Waals surface area contributed by atoms with E-state index in [-0.39, 0.29) is 11.7 Å². The molecule has 9 heteroatoms. The maximum atomic E-state index is 12.4. The van der Waals surface area contributed by atoms with Gasteiger partial charge < -0.3 is 14.8 Å². The lowest BCUT2D eigenvalue weighted by atomic mass is 10.1. The van der Waals surface area contributed by atoms with E-state index in [1.54, 1.807) is 4.52 Å². The van der Waals surface area contributed by atoms with Crippen LogP contribution in [0.3, 0.4) is 0 Å². The number of nitrogens with zero attached hydrogens (tertiary/aromatic N) is 4. The molecule has 0 spiro atoms. The van der Waals surface area contributed by atoms with Gasteiger partial charge in [0, 0.05) is 17.9 Å². The minimum atomic E-state index is -0.346. The van der Waals surface area contributed by atoms with Crippen LogP contribution in [0.1, 0.15) is 27.6 Å². The molecule has 8 nitrogen and oxygen atoms in total. The van der Waals surface area contributed by atoms with Crippen molar-refractivity contribution in [2.75, 3.05) is 19.8 Å². The second kappa shape index (κ2) is 7.03. The molecule has 3 aromatic rings. The van der Waals surface area contributed by atoms with Crippen molar-refractivity contribution in [2.45, 2.75) is 20.3 Å². The number of hydrogen-bond acceptors (Lipinski definition) is 6. The molecule has 0 atom stereocenters. The largest absolute Gasteiger partial charge is 0.486 e. The Kier molecular flexibility index (Phi) is 4.57. The fourth-order valence-electron chi connectivity index (χ4n) is 2.97. The second-order valence-electron chi connectivity index (χ2n) is 6.29. The van der Waals surface area contributed by atoms with Gasteiger partial charge >= 0.3 is 0 Å². The molecule has 0 aliphatic carbocycles. The van der Waals surface area contributed by atoms with Gasteiger partial charge in [0.25, 0.3) is 11.7 Å². The topological polar surface area (TPSA) is 90.6 Å². The lowest BCUT2D eigenvalue weighted by Gasteiger charge is -2.20. The fraction of sp³-hybridized carbons (Fsp3) is 0.333. The van der Waals surface area contributed by atoms with Crippen LogP contribution in [0.4, 0.5) is 0 Å². The molecule has 4 rings (SSSR count). The molecule has 1 aliphatic rings. The fourth-order valence-corrected chi connectivity index (χ4v) is 3.26. The van der Waals surface area contributed by atoms with Crippen LogP contribution in [0.5, 0.6) is 11.5 Å². The summed E-state index contributed by atoms with van der Waals surface area (Å²) >= 11 is 6.24. The molecule has 0 saturated heterocycles. The first-order valence-corrected chi connectivity index (χ1v) is 8.96. The van der Waals surface area contributed by atoms with Crippen LogP contribution in [-0.4, -0.2) is 45.2 Å². The highest BCUT2D eigenvalue weighted by Gasteiger charge is 2.17. The van der Waals surface area contributed by atoms with Gasteiger partial charge in [-0.05, 0) is 44.0 Å². The van der Waals surface area contributed by atoms with E-state index in [1.807, 2.05) is 32.0 Å². The molecular weight excluding hydrogens is 370 g/mol. The highest BCUT2D eigenvalue weighted by molar-refractivity contribution is 6.32. The lowest BCUT2D eigenvalue weighted by molar-refractivity contribution is 0.0944. The molecule has 1 amide bonds. The van der Waals surface area contributed by atoms with Gasteiger partial charge in [-0.3, -0.25) is 4.79 Å². The Morgan fingerprint density at radius 3 is 2.89 bits per heavy atom. The molecule has 0 fully saturated rings. The normalized spacial score (nSPS) is 13.0. The Morgan fingerprint density at radius 1 is 1.22 bits per heavy atom. The summed E-state index contributed by atoms with van der Waals surface area (Å²) in [7, 11) is 0. The zero-order valence-electron chi connectivity index (χ0n) is 15.0. The van der Waals surface area contributed by atoms with Gasteiger partial charge in [0.2, 0.25) is 5.82 Å². The highest BCUT2D eigenvalue weighted by atomic mass is 35.5. The third-order valence-electron chi connectivity index (χ3n) is 4.18. The average molecular weight is 388 g/mol. The predicted molar refractivity (Wildman–Crippen MR) is 98.7 cm³/mol. The van der Waals surface area contributed by atoms with Crippen LogP contribution in [0, 0.1) is 13.8 Å². The van der Waals surface area contributed by atoms with Crippen LogP contribution in [-0.2, 0) is 6.42 Å². The first-order valence-electron chi connectivity index (χ1n) is 8.58. The van der Waals surface area contributed by atoms with E-state index in [1.165, 1.54) is 0 Å². The van der Waals surface area contributed by atoms with Crippen LogP contribution < -0.4 is 14.8 Å². The number of ether oxygens (including phenoxy) is 2. The highest BCUT2D eigenvalue weighted by Crippen LogP contribution is 2.38. The number of nitrogens with one attached hydrogen (secondary N) is 1. The minimum absolute atomic E-state index is 0.0939. The smallest absolute Gasteiger partial charge is 0.291 e. The summed E-state index contributed by atoms with van der Waals surface area (Å²) in [6.45, 7) is 5.16. The number of rotatable bonds is 4. The number of fused-ring (bicyclic) bond motifs is 2. The maximum Gasteiger partial charge on any atom is 0.291 e. The lowest BCUT2D eigenvalue weighted by Crippen LogP contribution is -2.27. The Morgan fingerprint density at radius 2 is 2.04 bits per heavy atom. The van der Waals surface area contributed by atoms with Gasteiger partial charge in [-0.25, -0.2) is 9.50 Å². The third-order valence-corrected chi connectivity index (χ3v) is 4.46. The summed E-state index contributed by atoms with van der Waals surface area (Å²) in [5.41, 5.74) is 2.64. The Bertz CT molecular complexity index is 1030. The summed E-state index contributed by atoms with van der Waals surface area (Å²) in [4.78, 5) is 20.8. The number of benzene rings is 1. The van der Waals surface area contributed by atoms with E-state index in [9.17, 15) is 4.79 Å². The van der Waals surface area contributed by atoms with Crippen LogP contribution in [0.2, 0.25) is 5.02 Å². The number of hydrogen-bond donors (Lipinski definition) is 1. The monoisotopic (exact) mass is 387 g/mol. The van der Waals surface area contributed by atoms with Crippen LogP contribution in [0.15, 0.2) is 18.2 Å². The van der Waals surface area contributed by atoms with E-state index in [0.717, 1.165) is 17.0 Å². The Labute approximate surface area is 160 Å². The number of carbonyl (C=O) groups excluding carboxylic acids is 1. The molecule has 0 saturated carbocycles.